The van der Waals surface area contributed by atoms with E-state index in [1.807, 2.05) is 23.7 Å². The molecule has 0 radical (unpaired) electrons. The van der Waals surface area contributed by atoms with Crippen molar-refractivity contribution in [3.05, 3.63) is 29.8 Å². The summed E-state index contributed by atoms with van der Waals surface area (Å²) in [6.07, 6.45) is 0. The van der Waals surface area contributed by atoms with Gasteiger partial charge >= 0.3 is 0 Å². The molecule has 0 unspecified atom stereocenters. The molecule has 0 saturated heterocycles. The Kier molecular flexibility index (Phi) is 1.34. The van der Waals surface area contributed by atoms with E-state index in [0.717, 1.165) is 5.52 Å². The Balaban J connectivity index is 0.000000500. The second kappa shape index (κ2) is 2.15. The Morgan fingerprint density at radius 2 is 2.40 bits per heavy atom. The molecule has 54 valence electrons. The fourth-order valence-electron chi connectivity index (χ4n) is 0.748. The summed E-state index contributed by atoms with van der Waals surface area (Å²) in [5.74, 6) is 0. The van der Waals surface area contributed by atoms with Gasteiger partial charge in [0, 0.05) is 0 Å². The van der Waals surface area contributed by atoms with Crippen molar-refractivity contribution in [2.45, 2.75) is 0 Å². The Morgan fingerprint density at radius 1 is 1.50 bits per heavy atom. The second-order valence-electron chi connectivity index (χ2n) is 1.75. The van der Waals surface area contributed by atoms with Crippen molar-refractivity contribution < 1.29 is 0 Å². The third-order valence-corrected chi connectivity index (χ3v) is 1.97. The minimum absolute atomic E-state index is 0. The van der Waals surface area contributed by atoms with Crippen LogP contribution in [-0.2, 0) is 0 Å². The molecule has 0 saturated carbocycles. The molecule has 0 fully saturated rings. The smallest absolute Gasteiger partial charge is 0.0657 e. The van der Waals surface area contributed by atoms with Crippen molar-refractivity contribution in [1.82, 2.24) is 4.98 Å². The molecule has 10 heavy (non-hydrogen) atoms. The van der Waals surface area contributed by atoms with Gasteiger partial charge in [0.2, 0.25) is 0 Å². The van der Waals surface area contributed by atoms with Crippen LogP contribution in [0.15, 0.2) is 23.7 Å². The zero-order valence-electron chi connectivity index (χ0n) is 4.98. The Labute approximate surface area is 57.0 Å². The molecule has 0 amide bonds. The van der Waals surface area contributed by atoms with Crippen LogP contribution in [-0.4, -0.2) is 4.98 Å². The third kappa shape index (κ3) is 0.699. The van der Waals surface area contributed by atoms with E-state index < -0.39 is 0 Å². The first-order valence-corrected chi connectivity index (χ1v) is 3.54. The van der Waals surface area contributed by atoms with Gasteiger partial charge in [0.1, 0.15) is 0 Å². The van der Waals surface area contributed by atoms with Gasteiger partial charge in [-0.1, -0.05) is 4.70 Å². The summed E-state index contributed by atoms with van der Waals surface area (Å²) < 4.78 is 1.21. The maximum absolute atomic E-state index is 4.12. The summed E-state index contributed by atoms with van der Waals surface area (Å²) in [5.41, 5.74) is 2.91. The maximum atomic E-state index is 4.12. The molecule has 0 aliphatic carbocycles. The Hall–Kier alpha value is -1.89. The minimum atomic E-state index is 0. The number of rotatable bonds is 0. The topological polar surface area (TPSA) is 12.9 Å². The quantitative estimate of drug-likeness (QED) is 0.634. The van der Waals surface area contributed by atoms with E-state index in [0.29, 0.717) is 0 Å². The van der Waals surface area contributed by atoms with E-state index in [4.69, 9.17) is 0 Å². The van der Waals surface area contributed by atoms with Crippen molar-refractivity contribution in [3.63, 3.8) is 0 Å². The first-order valence-electron chi connectivity index (χ1n) is 2.66. The molecule has 2 aromatic rings. The van der Waals surface area contributed by atoms with Crippen molar-refractivity contribution in [1.29, 1.82) is 0 Å². The summed E-state index contributed by atoms with van der Waals surface area (Å²) in [6, 6.07) is 8.78. The predicted molar refractivity (Wildman–Crippen MR) is 38.5 cm³/mol. The van der Waals surface area contributed by atoms with Gasteiger partial charge in [0.25, 0.3) is 0 Å². The van der Waals surface area contributed by atoms with Crippen LogP contribution in [0.3, 0.4) is 0 Å². The molecule has 0 aliphatic heterocycles. The molecular formula is C7H4CfNS-. The van der Waals surface area contributed by atoms with Crippen LogP contribution in [0.25, 0.3) is 10.2 Å². The van der Waals surface area contributed by atoms with Gasteiger partial charge in [0.15, 0.2) is 0 Å². The number of hydrogen-bond donors (Lipinski definition) is 0. The molecule has 0 N–H and O–H groups in total. The van der Waals surface area contributed by atoms with Gasteiger partial charge in [-0.2, -0.15) is 29.5 Å². The fraction of sp³-hybridized carbons (Fsp3) is 0. The van der Waals surface area contributed by atoms with Crippen LogP contribution in [0, 0.1) is 6.07 Å². The van der Waals surface area contributed by atoms with Crippen LogP contribution >= 0.6 is 11.3 Å². The number of thiazole rings is 1. The number of hydrogen-bond acceptors (Lipinski definition) is 2. The summed E-state index contributed by atoms with van der Waals surface area (Å²) in [5, 5.41) is 0. The zero-order chi connectivity index (χ0) is 6.10. The van der Waals surface area contributed by atoms with Crippen molar-refractivity contribution in [3.8, 4) is 0 Å². The Morgan fingerprint density at radius 3 is 3.20 bits per heavy atom. The minimum Gasteiger partial charge on any atom is -0.272 e. The molecule has 2 rings (SSSR count). The van der Waals surface area contributed by atoms with Gasteiger partial charge < -0.3 is 0 Å². The summed E-state index contributed by atoms with van der Waals surface area (Å²) >= 11 is 1.64. The third-order valence-electron chi connectivity index (χ3n) is 1.18. The average Bonchev–Trinajstić information content (AvgIpc) is 2.33. The number of benzene rings is 1. The van der Waals surface area contributed by atoms with Crippen molar-refractivity contribution >= 4 is 21.6 Å². The average molecular weight is 385 g/mol. The van der Waals surface area contributed by atoms with Crippen molar-refractivity contribution in [2.75, 3.05) is 0 Å². The van der Waals surface area contributed by atoms with Crippen LogP contribution in [0.1, 0.15) is 0 Å². The largest absolute Gasteiger partial charge is 0.272 e. The predicted octanol–water partition coefficient (Wildman–Crippen LogP) is 2.10. The maximum Gasteiger partial charge on any atom is 0.0657 e. The van der Waals surface area contributed by atoms with Crippen LogP contribution in [0.5, 0.6) is 0 Å². The first-order chi connectivity index (χ1) is 4.47. The standard InChI is InChI=1S/C7H4NS.Cf/c1-2-4-7-6(3-1)8-5-9-7;/h1,3-5H;/q-1;. The molecule has 0 aliphatic rings. The summed E-state index contributed by atoms with van der Waals surface area (Å²) in [6.45, 7) is 0. The SMILES string of the molecule is [Cf].[c-]1ccc2ncsc2c1. The molecule has 0 atom stereocenters. The zero-order valence-corrected chi connectivity index (χ0v) is 8.43. The molecule has 0 spiro atoms. The second-order valence-corrected chi connectivity index (χ2v) is 2.63. The van der Waals surface area contributed by atoms with E-state index >= 15 is 0 Å². The Bertz CT molecular complexity index is 288. The molecule has 0 bridgehead atoms. The normalized spacial score (nSPS) is 9.20. The van der Waals surface area contributed by atoms with Gasteiger partial charge in [-0.15, -0.1) is 6.07 Å². The van der Waals surface area contributed by atoms with Gasteiger partial charge in [-0.3, -0.25) is 4.98 Å². The number of aromatic nitrogens is 1. The van der Waals surface area contributed by atoms with Crippen LogP contribution in [0.4, 0.5) is 0 Å². The van der Waals surface area contributed by atoms with E-state index in [1.165, 1.54) is 4.70 Å². The summed E-state index contributed by atoms with van der Waals surface area (Å²) in [7, 11) is 0. The van der Waals surface area contributed by atoms with E-state index in [-0.39, 0.29) is 0 Å². The monoisotopic (exact) mass is 383 g/mol. The van der Waals surface area contributed by atoms with E-state index in [1.54, 1.807) is 11.3 Å². The molecule has 1 nitrogen and oxygen atoms in total. The van der Waals surface area contributed by atoms with E-state index in [2.05, 4.69) is 11.1 Å². The first kappa shape index (κ1) is 6.23. The molecule has 1 heterocycles. The van der Waals surface area contributed by atoms with Gasteiger partial charge in [-0.25, -0.2) is 0 Å². The van der Waals surface area contributed by atoms with Crippen molar-refractivity contribution in [2.24, 2.45) is 0 Å². The van der Waals surface area contributed by atoms with Gasteiger partial charge in [-0.05, 0) is 5.52 Å². The van der Waals surface area contributed by atoms with Crippen LogP contribution < -0.4 is 0 Å². The molecular weight excluding hydrogens is 381 g/mol. The number of fused-ring (bicyclic) bond motifs is 1. The molecule has 1 aromatic carbocycles. The number of nitrogens with zero attached hydrogens (tertiary/aromatic N) is 1. The fourth-order valence-corrected chi connectivity index (χ4v) is 1.41. The van der Waals surface area contributed by atoms with Gasteiger partial charge in [0.05, 0.1) is 5.51 Å². The molecule has 3 heteroatoms. The van der Waals surface area contributed by atoms with E-state index in [9.17, 15) is 0 Å². The van der Waals surface area contributed by atoms with Crippen LogP contribution in [0.2, 0.25) is 0 Å². The summed E-state index contributed by atoms with van der Waals surface area (Å²) in [4.78, 5) is 4.12. The molecule has 1 aromatic heterocycles.